The quantitative estimate of drug-likeness (QED) is 0.560. The highest BCUT2D eigenvalue weighted by Gasteiger charge is 2.27. The molecule has 0 radical (unpaired) electrons. The molecule has 0 unspecified atom stereocenters. The summed E-state index contributed by atoms with van der Waals surface area (Å²) in [6.07, 6.45) is -0.260. The molecule has 0 spiro atoms. The maximum atomic E-state index is 11.5. The highest BCUT2D eigenvalue weighted by Crippen LogP contribution is 2.05. The van der Waals surface area contributed by atoms with Crippen molar-refractivity contribution >= 4 is 17.8 Å². The van der Waals surface area contributed by atoms with E-state index in [4.69, 9.17) is 16.2 Å². The fraction of sp³-hybridized carbons (Fsp3) is 0.727. The van der Waals surface area contributed by atoms with Gasteiger partial charge in [0.05, 0.1) is 19.6 Å². The number of carbonyl (C=O) groups is 3. The van der Waals surface area contributed by atoms with E-state index >= 15 is 0 Å². The fourth-order valence-electron chi connectivity index (χ4n) is 1.22. The summed E-state index contributed by atoms with van der Waals surface area (Å²) in [5, 5.41) is 0. The van der Waals surface area contributed by atoms with Gasteiger partial charge >= 0.3 is 5.97 Å². The number of nitrogens with zero attached hydrogens (tertiary/aromatic N) is 1. The van der Waals surface area contributed by atoms with Gasteiger partial charge in [-0.1, -0.05) is 13.8 Å². The average molecular weight is 259 g/mol. The molecule has 0 rings (SSSR count). The number of hydrogen-bond donors (Lipinski definition) is 2. The minimum atomic E-state index is -1.03. The van der Waals surface area contributed by atoms with E-state index in [1.54, 1.807) is 0 Å². The lowest BCUT2D eigenvalue weighted by Gasteiger charge is -2.24. The maximum Gasteiger partial charge on any atom is 0.308 e. The largest absolute Gasteiger partial charge is 0.465 e. The summed E-state index contributed by atoms with van der Waals surface area (Å²) in [5.74, 6) is -1.59. The molecule has 18 heavy (non-hydrogen) atoms. The molecule has 0 heterocycles. The Morgan fingerprint density at radius 2 is 1.83 bits per heavy atom. The van der Waals surface area contributed by atoms with E-state index in [0.717, 1.165) is 4.90 Å². The first-order valence-electron chi connectivity index (χ1n) is 5.70. The van der Waals surface area contributed by atoms with Crippen LogP contribution in [0.2, 0.25) is 0 Å². The van der Waals surface area contributed by atoms with Crippen LogP contribution in [-0.2, 0) is 19.1 Å². The third-order valence-electron chi connectivity index (χ3n) is 2.30. The van der Waals surface area contributed by atoms with Gasteiger partial charge in [-0.3, -0.25) is 14.4 Å². The zero-order valence-electron chi connectivity index (χ0n) is 11.0. The van der Waals surface area contributed by atoms with Crippen molar-refractivity contribution in [2.24, 2.45) is 17.4 Å². The number of primary amides is 1. The summed E-state index contributed by atoms with van der Waals surface area (Å²) in [6, 6.07) is -1.03. The molecule has 4 N–H and O–H groups in total. The van der Waals surface area contributed by atoms with E-state index in [0.29, 0.717) is 0 Å². The van der Waals surface area contributed by atoms with Gasteiger partial charge < -0.3 is 21.1 Å². The molecule has 7 heteroatoms. The summed E-state index contributed by atoms with van der Waals surface area (Å²) < 4.78 is 4.93. The smallest absolute Gasteiger partial charge is 0.308 e. The van der Waals surface area contributed by atoms with Crippen molar-refractivity contribution < 1.29 is 19.1 Å². The van der Waals surface area contributed by atoms with Crippen molar-refractivity contribution in [3.63, 3.8) is 0 Å². The summed E-state index contributed by atoms with van der Waals surface area (Å²) in [7, 11) is 1.38. The number of hydrogen-bond acceptors (Lipinski definition) is 5. The van der Waals surface area contributed by atoms with Gasteiger partial charge in [0.1, 0.15) is 6.04 Å². The molecule has 7 nitrogen and oxygen atoms in total. The van der Waals surface area contributed by atoms with Crippen LogP contribution < -0.4 is 11.5 Å². The molecule has 0 bridgehead atoms. The Morgan fingerprint density at radius 3 is 2.22 bits per heavy atom. The molecular formula is C11H21N3O4. The number of rotatable bonds is 7. The monoisotopic (exact) mass is 259 g/mol. The van der Waals surface area contributed by atoms with Gasteiger partial charge in [-0.05, 0) is 5.92 Å². The van der Waals surface area contributed by atoms with Crippen molar-refractivity contribution in [1.82, 2.24) is 4.90 Å². The van der Waals surface area contributed by atoms with Crippen LogP contribution in [0.15, 0.2) is 0 Å². The molecule has 0 saturated carbocycles. The normalized spacial score (nSPS) is 12.1. The minimum Gasteiger partial charge on any atom is -0.465 e. The molecule has 0 aromatic rings. The van der Waals surface area contributed by atoms with Gasteiger partial charge in [0.15, 0.2) is 0 Å². The highest BCUT2D eigenvalue weighted by atomic mass is 16.5. The lowest BCUT2D eigenvalue weighted by molar-refractivity contribution is -0.149. The molecule has 1 atom stereocenters. The molecule has 0 saturated heterocycles. The van der Waals surface area contributed by atoms with Crippen LogP contribution in [-0.4, -0.2) is 48.9 Å². The van der Waals surface area contributed by atoms with Crippen LogP contribution >= 0.6 is 0 Å². The van der Waals surface area contributed by atoms with Crippen LogP contribution in [0.3, 0.4) is 0 Å². The maximum absolute atomic E-state index is 11.5. The Bertz CT molecular complexity index is 317. The summed E-state index contributed by atoms with van der Waals surface area (Å²) >= 11 is 0. The molecule has 0 aliphatic rings. The van der Waals surface area contributed by atoms with Crippen molar-refractivity contribution in [1.29, 1.82) is 0 Å². The Labute approximate surface area is 106 Å². The van der Waals surface area contributed by atoms with E-state index in [9.17, 15) is 14.4 Å². The molecule has 104 valence electrons. The fourth-order valence-corrected chi connectivity index (χ4v) is 1.22. The molecule has 0 aliphatic carbocycles. The Hall–Kier alpha value is -1.63. The van der Waals surface area contributed by atoms with Crippen molar-refractivity contribution in [2.45, 2.75) is 26.3 Å². The zero-order chi connectivity index (χ0) is 14.3. The van der Waals surface area contributed by atoms with E-state index in [2.05, 4.69) is 0 Å². The van der Waals surface area contributed by atoms with E-state index in [1.807, 2.05) is 13.8 Å². The van der Waals surface area contributed by atoms with E-state index < -0.39 is 23.8 Å². The lowest BCUT2D eigenvalue weighted by Crippen LogP contribution is -2.48. The summed E-state index contributed by atoms with van der Waals surface area (Å²) in [6.45, 7) is 3.80. The number of esters is 1. The predicted molar refractivity (Wildman–Crippen MR) is 65.2 cm³/mol. The standard InChI is InChI=1S/C11H21N3O4/c1-7(2)6-18-10(16)4-8(11(13)17)14(3)9(15)5-12/h7-8H,4-6,12H2,1-3H3,(H2,13,17)/t8-/m0/s1. The number of carbonyl (C=O) groups excluding carboxylic acids is 3. The minimum absolute atomic E-state index is 0.199. The van der Waals surface area contributed by atoms with Gasteiger partial charge in [0, 0.05) is 7.05 Å². The molecule has 0 aliphatic heterocycles. The molecule has 2 amide bonds. The Balaban J connectivity index is 4.49. The van der Waals surface area contributed by atoms with Crippen molar-refractivity contribution in [2.75, 3.05) is 20.2 Å². The first-order valence-corrected chi connectivity index (χ1v) is 5.70. The van der Waals surface area contributed by atoms with E-state index in [-0.39, 0.29) is 25.5 Å². The average Bonchev–Trinajstić information content (AvgIpc) is 2.31. The van der Waals surface area contributed by atoms with Gasteiger partial charge in [0.2, 0.25) is 11.8 Å². The van der Waals surface area contributed by atoms with Crippen molar-refractivity contribution in [3.8, 4) is 0 Å². The van der Waals surface area contributed by atoms with Gasteiger partial charge in [-0.25, -0.2) is 0 Å². The van der Waals surface area contributed by atoms with Crippen LogP contribution in [0.4, 0.5) is 0 Å². The highest BCUT2D eigenvalue weighted by molar-refractivity contribution is 5.90. The third kappa shape index (κ3) is 5.62. The van der Waals surface area contributed by atoms with Crippen LogP contribution in [0.25, 0.3) is 0 Å². The first kappa shape index (κ1) is 16.4. The van der Waals surface area contributed by atoms with Gasteiger partial charge in [-0.2, -0.15) is 0 Å². The van der Waals surface area contributed by atoms with Crippen LogP contribution in [0, 0.1) is 5.92 Å². The molecular weight excluding hydrogens is 238 g/mol. The number of ether oxygens (including phenoxy) is 1. The van der Waals surface area contributed by atoms with Crippen LogP contribution in [0.1, 0.15) is 20.3 Å². The van der Waals surface area contributed by atoms with E-state index in [1.165, 1.54) is 7.05 Å². The summed E-state index contributed by atoms with van der Waals surface area (Å²) in [4.78, 5) is 35.1. The summed E-state index contributed by atoms with van der Waals surface area (Å²) in [5.41, 5.74) is 10.3. The van der Waals surface area contributed by atoms with Crippen LogP contribution in [0.5, 0.6) is 0 Å². The third-order valence-corrected chi connectivity index (χ3v) is 2.30. The Kier molecular flexibility index (Phi) is 6.96. The topological polar surface area (TPSA) is 116 Å². The number of nitrogens with two attached hydrogens (primary N) is 2. The second-order valence-corrected chi connectivity index (χ2v) is 4.41. The lowest BCUT2D eigenvalue weighted by atomic mass is 10.1. The SMILES string of the molecule is CC(C)COC(=O)C[C@@H](C(N)=O)N(C)C(=O)CN. The number of likely N-dealkylation sites (N-methyl/N-ethyl adjacent to an activating group) is 1. The van der Waals surface area contributed by atoms with Gasteiger partial charge in [-0.15, -0.1) is 0 Å². The first-order chi connectivity index (χ1) is 8.29. The second-order valence-electron chi connectivity index (χ2n) is 4.41. The van der Waals surface area contributed by atoms with Gasteiger partial charge in [0.25, 0.3) is 0 Å². The zero-order valence-corrected chi connectivity index (χ0v) is 11.0. The predicted octanol–water partition coefficient (Wildman–Crippen LogP) is -1.15. The molecule has 0 aromatic carbocycles. The van der Waals surface area contributed by atoms with Crippen molar-refractivity contribution in [3.05, 3.63) is 0 Å². The number of amides is 2. The second kappa shape index (κ2) is 7.65. The molecule has 0 fully saturated rings. The molecule has 0 aromatic heterocycles. The Morgan fingerprint density at radius 1 is 1.28 bits per heavy atom.